The van der Waals surface area contributed by atoms with Crippen LogP contribution in [0, 0.1) is 5.41 Å². The predicted octanol–water partition coefficient (Wildman–Crippen LogP) is 3.51. The zero-order valence-corrected chi connectivity index (χ0v) is 11.3. The van der Waals surface area contributed by atoms with Crippen molar-refractivity contribution in [2.24, 2.45) is 5.41 Å². The second kappa shape index (κ2) is 3.64. The van der Waals surface area contributed by atoms with Gasteiger partial charge in [-0.25, -0.2) is 0 Å². The van der Waals surface area contributed by atoms with Gasteiger partial charge in [0.1, 0.15) is 0 Å². The van der Waals surface area contributed by atoms with E-state index in [1.54, 1.807) is 6.07 Å². The van der Waals surface area contributed by atoms with Crippen LogP contribution in [0.5, 0.6) is 0 Å². The molecule has 0 atom stereocenters. The van der Waals surface area contributed by atoms with Crippen molar-refractivity contribution in [3.05, 3.63) is 23.2 Å². The van der Waals surface area contributed by atoms with Gasteiger partial charge in [-0.15, -0.1) is 0 Å². The van der Waals surface area contributed by atoms with Crippen LogP contribution in [0.25, 0.3) is 0 Å². The molecule has 92 valence electrons. The average Bonchev–Trinajstić information content (AvgIpc) is 2.27. The molecular formula is C13H17ClN2O. The fourth-order valence-corrected chi connectivity index (χ4v) is 2.02. The molecule has 4 heteroatoms. The number of rotatable bonds is 0. The van der Waals surface area contributed by atoms with Crippen LogP contribution in [-0.2, 0) is 4.79 Å². The monoisotopic (exact) mass is 252 g/mol. The van der Waals surface area contributed by atoms with Gasteiger partial charge in [-0.1, -0.05) is 17.7 Å². The zero-order chi connectivity index (χ0) is 12.8. The van der Waals surface area contributed by atoms with Gasteiger partial charge in [-0.05, 0) is 39.8 Å². The van der Waals surface area contributed by atoms with E-state index in [0.717, 1.165) is 5.69 Å². The molecule has 1 aromatic rings. The Hall–Kier alpha value is -1.22. The molecule has 0 radical (unpaired) electrons. The summed E-state index contributed by atoms with van der Waals surface area (Å²) in [6.07, 6.45) is 0. The second-order valence-electron chi connectivity index (χ2n) is 5.49. The lowest BCUT2D eigenvalue weighted by atomic mass is 9.74. The second-order valence-corrected chi connectivity index (χ2v) is 5.90. The van der Waals surface area contributed by atoms with Crippen LogP contribution in [-0.4, -0.2) is 11.4 Å². The molecule has 1 aromatic carbocycles. The maximum atomic E-state index is 12.3. The number of amides is 1. The summed E-state index contributed by atoms with van der Waals surface area (Å²) < 4.78 is 0. The van der Waals surface area contributed by atoms with Crippen LogP contribution in [0.3, 0.4) is 0 Å². The number of halogens is 1. The lowest BCUT2D eigenvalue weighted by Gasteiger charge is -2.39. The van der Waals surface area contributed by atoms with Crippen molar-refractivity contribution >= 4 is 28.9 Å². The first-order valence-electron chi connectivity index (χ1n) is 5.64. The molecule has 0 spiro atoms. The molecule has 3 nitrogen and oxygen atoms in total. The van der Waals surface area contributed by atoms with Crippen LogP contribution in [0.1, 0.15) is 27.7 Å². The van der Waals surface area contributed by atoms with Crippen molar-refractivity contribution in [1.29, 1.82) is 0 Å². The summed E-state index contributed by atoms with van der Waals surface area (Å²) in [4.78, 5) is 12.3. The van der Waals surface area contributed by atoms with E-state index in [0.29, 0.717) is 10.7 Å². The molecule has 17 heavy (non-hydrogen) atoms. The minimum Gasteiger partial charge on any atom is -0.377 e. The molecular weight excluding hydrogens is 236 g/mol. The molecule has 0 fully saturated rings. The molecule has 0 aromatic heterocycles. The molecule has 2 N–H and O–H groups in total. The van der Waals surface area contributed by atoms with Gasteiger partial charge in [-0.3, -0.25) is 4.79 Å². The molecule has 1 aliphatic rings. The van der Waals surface area contributed by atoms with Crippen LogP contribution in [0.15, 0.2) is 18.2 Å². The number of para-hydroxylation sites is 1. The van der Waals surface area contributed by atoms with Crippen LogP contribution in [0.4, 0.5) is 11.4 Å². The first kappa shape index (κ1) is 12.2. The Bertz CT molecular complexity index is 480. The highest BCUT2D eigenvalue weighted by Crippen LogP contribution is 2.42. The number of fused-ring (bicyclic) bond motifs is 1. The average molecular weight is 253 g/mol. The van der Waals surface area contributed by atoms with E-state index in [1.165, 1.54) is 0 Å². The van der Waals surface area contributed by atoms with Crippen LogP contribution < -0.4 is 10.6 Å². The van der Waals surface area contributed by atoms with Crippen molar-refractivity contribution in [3.63, 3.8) is 0 Å². The number of benzene rings is 1. The molecule has 1 heterocycles. The van der Waals surface area contributed by atoms with Crippen molar-refractivity contribution in [3.8, 4) is 0 Å². The fourth-order valence-electron chi connectivity index (χ4n) is 1.80. The fraction of sp³-hybridized carbons (Fsp3) is 0.462. The molecule has 0 unspecified atom stereocenters. The summed E-state index contributed by atoms with van der Waals surface area (Å²) in [6.45, 7) is 7.88. The highest BCUT2D eigenvalue weighted by molar-refractivity contribution is 6.34. The quantitative estimate of drug-likeness (QED) is 0.742. The Balaban J connectivity index is 2.59. The zero-order valence-electron chi connectivity index (χ0n) is 10.5. The van der Waals surface area contributed by atoms with Gasteiger partial charge in [0.15, 0.2) is 0 Å². The van der Waals surface area contributed by atoms with E-state index in [-0.39, 0.29) is 11.4 Å². The van der Waals surface area contributed by atoms with Gasteiger partial charge in [-0.2, -0.15) is 0 Å². The molecule has 0 saturated carbocycles. The summed E-state index contributed by atoms with van der Waals surface area (Å²) in [5.74, 6) is -0.0261. The minimum absolute atomic E-state index is 0.0261. The first-order chi connectivity index (χ1) is 7.75. The number of hydrogen-bond donors (Lipinski definition) is 2. The molecule has 0 saturated heterocycles. The first-order valence-corrected chi connectivity index (χ1v) is 6.02. The maximum absolute atomic E-state index is 12.3. The van der Waals surface area contributed by atoms with Gasteiger partial charge in [0, 0.05) is 5.54 Å². The number of carbonyl (C=O) groups is 1. The van der Waals surface area contributed by atoms with E-state index in [1.807, 2.05) is 39.8 Å². The summed E-state index contributed by atoms with van der Waals surface area (Å²) in [7, 11) is 0. The van der Waals surface area contributed by atoms with Crippen molar-refractivity contribution in [1.82, 2.24) is 0 Å². The third kappa shape index (κ3) is 1.78. The van der Waals surface area contributed by atoms with Crippen molar-refractivity contribution in [2.45, 2.75) is 33.2 Å². The number of nitrogens with one attached hydrogen (secondary N) is 2. The smallest absolute Gasteiger partial charge is 0.232 e. The standard InChI is InChI=1S/C13H17ClN2O/c1-12(2)11(17)15-10-8(14)6-5-7-9(10)16-13(12,3)4/h5-7,16H,1-4H3,(H,15,17). The summed E-state index contributed by atoms with van der Waals surface area (Å²) >= 11 is 6.11. The number of carbonyl (C=O) groups excluding carboxylic acids is 1. The summed E-state index contributed by atoms with van der Waals surface area (Å²) in [5, 5.41) is 6.85. The van der Waals surface area contributed by atoms with Gasteiger partial charge in [0.25, 0.3) is 0 Å². The molecule has 1 aliphatic heterocycles. The van der Waals surface area contributed by atoms with Crippen molar-refractivity contribution in [2.75, 3.05) is 10.6 Å². The molecule has 0 aliphatic carbocycles. The predicted molar refractivity (Wildman–Crippen MR) is 71.6 cm³/mol. The van der Waals surface area contributed by atoms with E-state index >= 15 is 0 Å². The topological polar surface area (TPSA) is 41.1 Å². The third-order valence-electron chi connectivity index (χ3n) is 3.83. The normalized spacial score (nSPS) is 20.9. The highest BCUT2D eigenvalue weighted by Gasteiger charge is 2.45. The Morgan fingerprint density at radius 2 is 1.82 bits per heavy atom. The van der Waals surface area contributed by atoms with Gasteiger partial charge in [0.05, 0.1) is 21.8 Å². The lowest BCUT2D eigenvalue weighted by molar-refractivity contribution is -0.126. The lowest BCUT2D eigenvalue weighted by Crippen LogP contribution is -2.50. The Kier molecular flexibility index (Phi) is 2.62. The SMILES string of the molecule is CC1(C)Nc2cccc(Cl)c2NC(=O)C1(C)C. The summed E-state index contributed by atoms with van der Waals surface area (Å²) in [6, 6.07) is 5.56. The van der Waals surface area contributed by atoms with Gasteiger partial charge >= 0.3 is 0 Å². The van der Waals surface area contributed by atoms with Gasteiger partial charge < -0.3 is 10.6 Å². The maximum Gasteiger partial charge on any atom is 0.232 e. The number of anilines is 2. The van der Waals surface area contributed by atoms with Crippen LogP contribution in [0.2, 0.25) is 5.02 Å². The molecule has 2 rings (SSSR count). The van der Waals surface area contributed by atoms with Gasteiger partial charge in [0.2, 0.25) is 5.91 Å². The number of hydrogen-bond acceptors (Lipinski definition) is 2. The highest BCUT2D eigenvalue weighted by atomic mass is 35.5. The van der Waals surface area contributed by atoms with Crippen molar-refractivity contribution < 1.29 is 4.79 Å². The van der Waals surface area contributed by atoms with E-state index in [4.69, 9.17) is 11.6 Å². The minimum atomic E-state index is -0.532. The Labute approximate surface area is 107 Å². The van der Waals surface area contributed by atoms with E-state index < -0.39 is 5.41 Å². The molecule has 1 amide bonds. The molecule has 0 bridgehead atoms. The van der Waals surface area contributed by atoms with E-state index in [2.05, 4.69) is 10.6 Å². The van der Waals surface area contributed by atoms with Crippen LogP contribution >= 0.6 is 11.6 Å². The van der Waals surface area contributed by atoms with E-state index in [9.17, 15) is 4.79 Å². The summed E-state index contributed by atoms with van der Waals surface area (Å²) in [5.41, 5.74) is 0.641. The third-order valence-corrected chi connectivity index (χ3v) is 4.14. The Morgan fingerprint density at radius 1 is 1.18 bits per heavy atom. The largest absolute Gasteiger partial charge is 0.377 e. The Morgan fingerprint density at radius 3 is 2.47 bits per heavy atom.